The SMILES string of the molecule is CC(C)(C)c1ccc(-c2nc(-c3ccc(C(C)(C)C)cc3)nc(-c3ccc(-c4[c-]ccc(Br)c4)nc3)n2)cc1.CC(C)(C)c1ccc(-c2nc(-c3ccc(C(C)(C)C)cc3)nc(-c3ccc(-c4[c-]cccc4)nc3)n2)cc1.CCCc1nc(-c2[c-]ccc(-c3cc(-c4ccc(C(C)(C)C)cc4)cc(-c4ccc(C(C)(C)C)cc4)c3)c2)n(C)n1.[Ir].[Ir]. The van der Waals surface area contributed by atoms with Crippen molar-refractivity contribution in [1.29, 1.82) is 0 Å². The number of benzene rings is 10. The van der Waals surface area contributed by atoms with Gasteiger partial charge in [-0.2, -0.15) is 5.10 Å². The second kappa shape index (κ2) is 37.6. The van der Waals surface area contributed by atoms with Gasteiger partial charge in [-0.15, -0.1) is 101 Å². The van der Waals surface area contributed by atoms with E-state index in [0.29, 0.717) is 34.9 Å². The van der Waals surface area contributed by atoms with Crippen molar-refractivity contribution in [1.82, 2.24) is 54.6 Å². The Kier molecular flexibility index (Phi) is 28.3. The summed E-state index contributed by atoms with van der Waals surface area (Å²) < 4.78 is 2.86. The Labute approximate surface area is 747 Å². The smallest absolute Gasteiger partial charge is 0.165 e. The van der Waals surface area contributed by atoms with Crippen LogP contribution in [0.1, 0.15) is 177 Å². The molecular formula is C106H107BrIr2N11-3. The van der Waals surface area contributed by atoms with Gasteiger partial charge in [0.25, 0.3) is 0 Å². The van der Waals surface area contributed by atoms with Gasteiger partial charge in [-0.1, -0.05) is 322 Å². The molecule has 5 heterocycles. The van der Waals surface area contributed by atoms with Crippen LogP contribution in [0.25, 0.3) is 136 Å². The summed E-state index contributed by atoms with van der Waals surface area (Å²) in [4.78, 5) is 43.5. The Morgan fingerprint density at radius 3 is 0.917 bits per heavy atom. The second-order valence-corrected chi connectivity index (χ2v) is 37.6. The van der Waals surface area contributed by atoms with Crippen molar-refractivity contribution >= 4 is 15.9 Å². The maximum Gasteiger partial charge on any atom is 0.165 e. The predicted octanol–water partition coefficient (Wildman–Crippen LogP) is 27.2. The first-order valence-corrected chi connectivity index (χ1v) is 41.6. The number of hydrogen-bond donors (Lipinski definition) is 0. The van der Waals surface area contributed by atoms with Crippen LogP contribution >= 0.6 is 15.9 Å². The number of nitrogens with zero attached hydrogens (tertiary/aromatic N) is 11. The largest absolute Gasteiger partial charge is 0.304 e. The molecule has 10 aromatic carbocycles. The van der Waals surface area contributed by atoms with Crippen molar-refractivity contribution < 1.29 is 40.2 Å². The quantitative estimate of drug-likeness (QED) is 0.0969. The van der Waals surface area contributed by atoms with Crippen LogP contribution in [-0.4, -0.2) is 54.6 Å². The molecule has 14 heteroatoms. The Morgan fingerprint density at radius 2 is 0.600 bits per heavy atom. The van der Waals surface area contributed by atoms with Crippen LogP contribution in [0.5, 0.6) is 0 Å². The average molecular weight is 2000 g/mol. The molecule has 614 valence electrons. The van der Waals surface area contributed by atoms with Gasteiger partial charge < -0.3 is 9.97 Å². The molecule has 0 spiro atoms. The summed E-state index contributed by atoms with van der Waals surface area (Å²) in [5.41, 5.74) is 25.4. The Hall–Kier alpha value is -10.6. The van der Waals surface area contributed by atoms with E-state index < -0.39 is 0 Å². The van der Waals surface area contributed by atoms with Gasteiger partial charge in [0, 0.05) is 99.5 Å². The topological polar surface area (TPSA) is 134 Å². The maximum absolute atomic E-state index is 4.91. The van der Waals surface area contributed by atoms with E-state index >= 15 is 0 Å². The van der Waals surface area contributed by atoms with Crippen LogP contribution in [0, 0.1) is 18.2 Å². The third-order valence-corrected chi connectivity index (χ3v) is 21.6. The summed E-state index contributed by atoms with van der Waals surface area (Å²) in [5, 5.41) is 4.62. The van der Waals surface area contributed by atoms with Gasteiger partial charge in [0.2, 0.25) is 0 Å². The fraction of sp³-hybridized carbons (Fsp3) is 0.264. The number of pyridine rings is 2. The maximum atomic E-state index is 4.91. The molecule has 0 N–H and O–H groups in total. The summed E-state index contributed by atoms with van der Waals surface area (Å²) in [7, 11) is 1.96. The molecule has 0 saturated heterocycles. The minimum absolute atomic E-state index is 0. The molecule has 5 aromatic heterocycles. The molecule has 0 fully saturated rings. The first-order valence-electron chi connectivity index (χ1n) is 40.8. The molecule has 0 bridgehead atoms. The molecular weight excluding hydrogens is 1890 g/mol. The van der Waals surface area contributed by atoms with Crippen molar-refractivity contribution in [3.63, 3.8) is 0 Å². The number of rotatable bonds is 14. The molecule has 0 aliphatic rings. The molecule has 0 unspecified atom stereocenters. The fourth-order valence-electron chi connectivity index (χ4n) is 13.7. The van der Waals surface area contributed by atoms with E-state index in [1.54, 1.807) is 0 Å². The molecule has 0 aliphatic carbocycles. The van der Waals surface area contributed by atoms with Gasteiger partial charge in [0.15, 0.2) is 34.9 Å². The molecule has 11 nitrogen and oxygen atoms in total. The predicted molar refractivity (Wildman–Crippen MR) is 492 cm³/mol. The van der Waals surface area contributed by atoms with Crippen molar-refractivity contribution in [2.24, 2.45) is 7.05 Å². The minimum Gasteiger partial charge on any atom is -0.304 e. The van der Waals surface area contributed by atoms with Crippen molar-refractivity contribution in [3.8, 4) is 136 Å². The molecule has 15 rings (SSSR count). The van der Waals surface area contributed by atoms with Crippen LogP contribution < -0.4 is 0 Å². The third kappa shape index (κ3) is 22.5. The van der Waals surface area contributed by atoms with Crippen molar-refractivity contribution in [2.45, 2.75) is 177 Å². The normalized spacial score (nSPS) is 11.8. The van der Waals surface area contributed by atoms with Crippen LogP contribution in [0.2, 0.25) is 0 Å². The molecule has 2 radical (unpaired) electrons. The zero-order valence-electron chi connectivity index (χ0n) is 72.7. The average Bonchev–Trinajstić information content (AvgIpc) is 0.941. The summed E-state index contributed by atoms with van der Waals surface area (Å²) in [6, 6.07) is 96.9. The third-order valence-electron chi connectivity index (χ3n) is 21.1. The number of aryl methyl sites for hydroxylation is 2. The zero-order valence-corrected chi connectivity index (χ0v) is 79.1. The van der Waals surface area contributed by atoms with E-state index in [1.807, 2.05) is 96.9 Å². The summed E-state index contributed by atoms with van der Waals surface area (Å²) in [6.07, 6.45) is 5.54. The van der Waals surface area contributed by atoms with E-state index in [2.05, 4.69) is 352 Å². The van der Waals surface area contributed by atoms with E-state index in [0.717, 1.165) is 96.0 Å². The minimum atomic E-state index is 0. The van der Waals surface area contributed by atoms with E-state index in [9.17, 15) is 0 Å². The van der Waals surface area contributed by atoms with E-state index in [-0.39, 0.29) is 72.7 Å². The van der Waals surface area contributed by atoms with Gasteiger partial charge >= 0.3 is 0 Å². The molecule has 0 atom stereocenters. The van der Waals surface area contributed by atoms with Gasteiger partial charge in [-0.25, -0.2) is 29.9 Å². The van der Waals surface area contributed by atoms with Crippen LogP contribution in [-0.2, 0) is 86.2 Å². The van der Waals surface area contributed by atoms with Crippen molar-refractivity contribution in [2.75, 3.05) is 0 Å². The van der Waals surface area contributed by atoms with E-state index in [1.165, 1.54) is 61.2 Å². The Morgan fingerprint density at radius 1 is 0.292 bits per heavy atom. The fourth-order valence-corrected chi connectivity index (χ4v) is 14.1. The Bertz CT molecular complexity index is 5720. The number of aromatic nitrogens is 11. The van der Waals surface area contributed by atoms with E-state index in [4.69, 9.17) is 39.9 Å². The molecule has 0 saturated carbocycles. The van der Waals surface area contributed by atoms with Gasteiger partial charge in [-0.3, -0.25) is 9.67 Å². The molecule has 15 aromatic rings. The standard InChI is InChI=1S/C38H42N3.C34H32BrN4.C34H33N4.2Ir/c1-9-11-35-39-36(41(8)40-35)29-13-10-12-28(22-29)32-24-30(26-14-18-33(19-15-26)37(2,3)4)23-31(25-32)27-16-20-34(21-17-27)38(5,6)7;1-33(2,3)26-15-10-22(11-16-26)30-37-31(23-12-17-27(18-13-23)34(4,5)6)39-32(38-30)25-14-19-29(36-21-25)24-8-7-9-28(35)20-24;1-33(2,3)27-17-12-24(13-18-27)30-36-31(25-14-19-28(20-15-25)34(4,5)6)38-32(37-30)26-16-21-29(35-22-26)23-10-8-7-9-11-23;;/h10,12,14-25H,9,11H2,1-8H3;7,9-21H,1-6H3;7-10,12-22H,1-6H3;;/q3*-1;;. The Balaban J connectivity index is 0.000000175. The van der Waals surface area contributed by atoms with Crippen molar-refractivity contribution in [3.05, 3.63) is 323 Å². The molecule has 0 amide bonds. The first kappa shape index (κ1) is 90.2. The first-order chi connectivity index (χ1) is 56.0. The number of hydrogen-bond acceptors (Lipinski definition) is 10. The molecule has 120 heavy (non-hydrogen) atoms. The van der Waals surface area contributed by atoms with Crippen LogP contribution in [0.15, 0.2) is 266 Å². The monoisotopic (exact) mass is 2000 g/mol. The molecule has 0 aliphatic heterocycles. The summed E-state index contributed by atoms with van der Waals surface area (Å²) >= 11 is 3.53. The van der Waals surface area contributed by atoms with Gasteiger partial charge in [0.1, 0.15) is 5.82 Å². The van der Waals surface area contributed by atoms with Gasteiger partial charge in [0.05, 0.1) is 5.82 Å². The zero-order chi connectivity index (χ0) is 84.1. The van der Waals surface area contributed by atoms with Crippen LogP contribution in [0.3, 0.4) is 0 Å². The summed E-state index contributed by atoms with van der Waals surface area (Å²) in [5.74, 6) is 5.48. The van der Waals surface area contributed by atoms with Gasteiger partial charge in [-0.05, 0) is 130 Å². The number of halogens is 1. The second-order valence-electron chi connectivity index (χ2n) is 36.7. The summed E-state index contributed by atoms with van der Waals surface area (Å²) in [6.45, 7) is 42.3. The van der Waals surface area contributed by atoms with Crippen LogP contribution in [0.4, 0.5) is 0 Å².